The fraction of sp³-hybridized carbons (Fsp3) is 0.556. The van der Waals surface area contributed by atoms with Crippen LogP contribution in [0.25, 0.3) is 11.5 Å². The van der Waals surface area contributed by atoms with Crippen molar-refractivity contribution in [3.8, 4) is 11.5 Å². The zero-order chi connectivity index (χ0) is 20.9. The molecular weight excluding hydrogens is 374 g/mol. The summed E-state index contributed by atoms with van der Waals surface area (Å²) in [7, 11) is 0. The van der Waals surface area contributed by atoms with Gasteiger partial charge in [-0.05, 0) is 13.3 Å². The van der Waals surface area contributed by atoms with E-state index in [1.807, 2.05) is 0 Å². The summed E-state index contributed by atoms with van der Waals surface area (Å²) in [5, 5.41) is 6.17. The smallest absolute Gasteiger partial charge is 0.265 e. The number of amides is 1. The van der Waals surface area contributed by atoms with E-state index in [2.05, 4.69) is 15.5 Å². The number of rotatable bonds is 10. The molecular formula is C18H24F2N4O4. The third-order valence-electron chi connectivity index (χ3n) is 4.11. The van der Waals surface area contributed by atoms with Crippen LogP contribution in [0.15, 0.2) is 21.2 Å². The van der Waals surface area contributed by atoms with Crippen LogP contribution < -0.4 is 11.1 Å². The molecule has 0 fully saturated rings. The van der Waals surface area contributed by atoms with Crippen molar-refractivity contribution in [2.75, 3.05) is 0 Å². The zero-order valence-corrected chi connectivity index (χ0v) is 16.0. The van der Waals surface area contributed by atoms with Crippen LogP contribution >= 0.6 is 0 Å². The number of halogens is 2. The van der Waals surface area contributed by atoms with Gasteiger partial charge in [0, 0.05) is 18.9 Å². The normalized spacial score (nSPS) is 13.9. The molecule has 154 valence electrons. The number of hydrogen-bond acceptors (Lipinski definition) is 7. The number of hydrogen-bond donors (Lipinski definition) is 2. The number of nitrogens with zero attached hydrogens (tertiary/aromatic N) is 2. The Morgan fingerprint density at radius 3 is 2.64 bits per heavy atom. The van der Waals surface area contributed by atoms with E-state index in [1.165, 1.54) is 6.20 Å². The Morgan fingerprint density at radius 1 is 1.36 bits per heavy atom. The number of aryl methyl sites for hydroxylation is 1. The van der Waals surface area contributed by atoms with Crippen molar-refractivity contribution >= 4 is 11.7 Å². The molecule has 0 spiro atoms. The number of carbonyl (C=O) groups is 2. The number of ketones is 1. The van der Waals surface area contributed by atoms with Gasteiger partial charge in [0.05, 0.1) is 18.3 Å². The average molecular weight is 398 g/mol. The van der Waals surface area contributed by atoms with Crippen LogP contribution in [0.1, 0.15) is 56.0 Å². The Labute approximate surface area is 160 Å². The first kappa shape index (κ1) is 21.7. The second-order valence-corrected chi connectivity index (χ2v) is 6.60. The molecule has 8 nitrogen and oxygen atoms in total. The standard InChI is InChI=1S/C18H24F2N4O4/c1-4-6-18(19,20)8-11(21)16(26)23-12(5-2)15(25)17-22-9-14(27-17)13-7-10(3)28-24-13/h7,9,11-12H,4-6,8,21H2,1-3H3,(H,23,26)/t11-,12?/m0/s1. The predicted molar refractivity (Wildman–Crippen MR) is 95.7 cm³/mol. The number of Topliss-reactive ketones (excluding diaryl/α,β-unsaturated/α-hetero) is 1. The van der Waals surface area contributed by atoms with Crippen LogP contribution in [0.3, 0.4) is 0 Å². The van der Waals surface area contributed by atoms with E-state index < -0.39 is 36.1 Å². The van der Waals surface area contributed by atoms with Crippen LogP contribution in [-0.2, 0) is 4.79 Å². The Morgan fingerprint density at radius 2 is 2.07 bits per heavy atom. The molecule has 1 unspecified atom stereocenters. The quantitative estimate of drug-likeness (QED) is 0.590. The highest BCUT2D eigenvalue weighted by Crippen LogP contribution is 2.25. The largest absolute Gasteiger partial charge is 0.432 e. The molecule has 0 aliphatic heterocycles. The number of oxazole rings is 1. The number of alkyl halides is 2. The summed E-state index contributed by atoms with van der Waals surface area (Å²) >= 11 is 0. The van der Waals surface area contributed by atoms with E-state index >= 15 is 0 Å². The maximum atomic E-state index is 13.7. The summed E-state index contributed by atoms with van der Waals surface area (Å²) < 4.78 is 37.7. The van der Waals surface area contributed by atoms with Gasteiger partial charge in [-0.3, -0.25) is 9.59 Å². The Hall–Kier alpha value is -2.62. The second-order valence-electron chi connectivity index (χ2n) is 6.60. The molecule has 2 aromatic heterocycles. The van der Waals surface area contributed by atoms with Gasteiger partial charge < -0.3 is 20.0 Å². The number of carbonyl (C=O) groups excluding carboxylic acids is 2. The summed E-state index contributed by atoms with van der Waals surface area (Å²) in [6, 6.07) is -0.811. The van der Waals surface area contributed by atoms with Gasteiger partial charge in [0.1, 0.15) is 5.76 Å². The lowest BCUT2D eigenvalue weighted by atomic mass is 10.0. The van der Waals surface area contributed by atoms with Crippen molar-refractivity contribution in [3.05, 3.63) is 23.9 Å². The molecule has 0 aliphatic carbocycles. The van der Waals surface area contributed by atoms with Gasteiger partial charge >= 0.3 is 0 Å². The van der Waals surface area contributed by atoms with Gasteiger partial charge in [0.2, 0.25) is 17.6 Å². The first-order chi connectivity index (χ1) is 13.2. The van der Waals surface area contributed by atoms with E-state index in [0.717, 1.165) is 0 Å². The topological polar surface area (TPSA) is 124 Å². The summed E-state index contributed by atoms with van der Waals surface area (Å²) in [6.45, 7) is 4.98. The maximum absolute atomic E-state index is 13.7. The molecule has 10 heteroatoms. The van der Waals surface area contributed by atoms with Crippen molar-refractivity contribution < 1.29 is 27.3 Å². The zero-order valence-electron chi connectivity index (χ0n) is 16.0. The van der Waals surface area contributed by atoms with Gasteiger partial charge in [-0.2, -0.15) is 0 Å². The summed E-state index contributed by atoms with van der Waals surface area (Å²) in [5.74, 6) is -3.88. The van der Waals surface area contributed by atoms with E-state index in [-0.39, 0.29) is 30.9 Å². The molecule has 1 amide bonds. The van der Waals surface area contributed by atoms with Crippen LogP contribution in [0.2, 0.25) is 0 Å². The van der Waals surface area contributed by atoms with E-state index in [9.17, 15) is 18.4 Å². The third-order valence-corrected chi connectivity index (χ3v) is 4.11. The Bertz CT molecular complexity index is 818. The molecule has 0 saturated heterocycles. The van der Waals surface area contributed by atoms with E-state index in [0.29, 0.717) is 11.5 Å². The first-order valence-electron chi connectivity index (χ1n) is 9.04. The molecule has 0 radical (unpaired) electrons. The van der Waals surface area contributed by atoms with E-state index in [1.54, 1.807) is 26.8 Å². The highest BCUT2D eigenvalue weighted by Gasteiger charge is 2.34. The maximum Gasteiger partial charge on any atom is 0.265 e. The first-order valence-corrected chi connectivity index (χ1v) is 9.04. The monoisotopic (exact) mass is 398 g/mol. The van der Waals surface area contributed by atoms with Crippen molar-refractivity contribution in [1.82, 2.24) is 15.5 Å². The fourth-order valence-corrected chi connectivity index (χ4v) is 2.65. The average Bonchev–Trinajstić information content (AvgIpc) is 3.27. The van der Waals surface area contributed by atoms with Crippen molar-refractivity contribution in [3.63, 3.8) is 0 Å². The molecule has 0 saturated carbocycles. The number of nitrogens with one attached hydrogen (secondary N) is 1. The number of nitrogens with two attached hydrogens (primary N) is 1. The van der Waals surface area contributed by atoms with Crippen LogP contribution in [-0.4, -0.2) is 39.8 Å². The molecule has 0 aliphatic rings. The Kier molecular flexibility index (Phi) is 7.00. The molecule has 3 N–H and O–H groups in total. The van der Waals surface area contributed by atoms with Gasteiger partial charge in [-0.25, -0.2) is 13.8 Å². The highest BCUT2D eigenvalue weighted by atomic mass is 19.3. The molecule has 2 aromatic rings. The lowest BCUT2D eigenvalue weighted by Crippen LogP contribution is -2.50. The lowest BCUT2D eigenvalue weighted by molar-refractivity contribution is -0.125. The summed E-state index contributed by atoms with van der Waals surface area (Å²) in [4.78, 5) is 28.6. The fourth-order valence-electron chi connectivity index (χ4n) is 2.65. The molecule has 0 bridgehead atoms. The molecule has 2 heterocycles. The number of aromatic nitrogens is 2. The Balaban J connectivity index is 2.03. The minimum absolute atomic E-state index is 0.212. The molecule has 2 atom stereocenters. The third kappa shape index (κ3) is 5.44. The van der Waals surface area contributed by atoms with Crippen molar-refractivity contribution in [2.45, 2.75) is 64.5 Å². The molecule has 2 rings (SSSR count). The van der Waals surface area contributed by atoms with Crippen LogP contribution in [0, 0.1) is 6.92 Å². The highest BCUT2D eigenvalue weighted by molar-refractivity contribution is 5.99. The minimum Gasteiger partial charge on any atom is -0.432 e. The van der Waals surface area contributed by atoms with Gasteiger partial charge in [-0.15, -0.1) is 0 Å². The van der Waals surface area contributed by atoms with Crippen molar-refractivity contribution in [1.29, 1.82) is 0 Å². The summed E-state index contributed by atoms with van der Waals surface area (Å²) in [6.07, 6.45) is 0.658. The predicted octanol–water partition coefficient (Wildman–Crippen LogP) is 2.87. The van der Waals surface area contributed by atoms with Crippen LogP contribution in [0.4, 0.5) is 8.78 Å². The lowest BCUT2D eigenvalue weighted by Gasteiger charge is -2.21. The minimum atomic E-state index is -3.04. The molecule has 0 aromatic carbocycles. The van der Waals surface area contributed by atoms with Gasteiger partial charge in [-0.1, -0.05) is 25.4 Å². The molecule has 28 heavy (non-hydrogen) atoms. The van der Waals surface area contributed by atoms with Gasteiger partial charge in [0.15, 0.2) is 11.5 Å². The second kappa shape index (κ2) is 9.05. The van der Waals surface area contributed by atoms with Gasteiger partial charge in [0.25, 0.3) is 5.89 Å². The van der Waals surface area contributed by atoms with E-state index in [4.69, 9.17) is 14.7 Å². The summed E-state index contributed by atoms with van der Waals surface area (Å²) in [5.41, 5.74) is 5.97. The van der Waals surface area contributed by atoms with Crippen molar-refractivity contribution in [2.24, 2.45) is 5.73 Å². The van der Waals surface area contributed by atoms with Crippen LogP contribution in [0.5, 0.6) is 0 Å². The SMILES string of the molecule is CCCC(F)(F)C[C@H](N)C(=O)NC(CC)C(=O)c1ncc(-c2cc(C)on2)o1.